The average molecular weight is 389 g/mol. The predicted octanol–water partition coefficient (Wildman–Crippen LogP) is 5.16. The number of nitro benzene ring substituents is 1. The topological polar surface area (TPSA) is 72.7 Å². The quantitative estimate of drug-likeness (QED) is 0.535. The number of benzene rings is 2. The van der Waals surface area contributed by atoms with E-state index >= 15 is 0 Å². The molecule has 0 saturated carbocycles. The SMILES string of the molecule is C[C@@H]1C[C@@H](C)CN(C(=O)c2cccc(Oc3c(Cl)cccc3[N+](=O)[O-])c2)C1. The van der Waals surface area contributed by atoms with Crippen molar-refractivity contribution in [3.05, 3.63) is 63.2 Å². The second-order valence-corrected chi connectivity index (χ2v) is 7.54. The Balaban J connectivity index is 1.85. The third-order valence-corrected chi connectivity index (χ3v) is 4.90. The van der Waals surface area contributed by atoms with Crippen LogP contribution >= 0.6 is 11.6 Å². The highest BCUT2D eigenvalue weighted by Gasteiger charge is 2.26. The van der Waals surface area contributed by atoms with Crippen molar-refractivity contribution in [1.29, 1.82) is 0 Å². The number of halogens is 1. The van der Waals surface area contributed by atoms with Gasteiger partial charge in [-0.15, -0.1) is 0 Å². The monoisotopic (exact) mass is 388 g/mol. The molecule has 7 heteroatoms. The molecule has 0 aliphatic carbocycles. The summed E-state index contributed by atoms with van der Waals surface area (Å²) in [5.74, 6) is 1.16. The highest BCUT2D eigenvalue weighted by molar-refractivity contribution is 6.32. The lowest BCUT2D eigenvalue weighted by atomic mass is 9.91. The molecule has 1 amide bonds. The molecule has 0 bridgehead atoms. The molecule has 0 aromatic heterocycles. The number of carbonyl (C=O) groups excluding carboxylic acids is 1. The fraction of sp³-hybridized carbons (Fsp3) is 0.350. The van der Waals surface area contributed by atoms with Gasteiger partial charge in [-0.05, 0) is 42.5 Å². The standard InChI is InChI=1S/C20H21ClN2O4/c1-13-9-14(2)12-22(11-13)20(24)15-5-3-6-16(10-15)27-19-17(21)7-4-8-18(19)23(25)26/h3-8,10,13-14H,9,11-12H2,1-2H3/t13-,14-/m1/s1. The van der Waals surface area contributed by atoms with Crippen LogP contribution in [0.4, 0.5) is 5.69 Å². The zero-order chi connectivity index (χ0) is 19.6. The first-order chi connectivity index (χ1) is 12.8. The van der Waals surface area contributed by atoms with Crippen LogP contribution in [0.25, 0.3) is 0 Å². The summed E-state index contributed by atoms with van der Waals surface area (Å²) in [5.41, 5.74) is 0.265. The molecule has 1 aliphatic heterocycles. The van der Waals surface area contributed by atoms with Crippen molar-refractivity contribution in [3.63, 3.8) is 0 Å². The Bertz CT molecular complexity index is 861. The molecule has 0 unspecified atom stereocenters. The maximum Gasteiger partial charge on any atom is 0.313 e. The van der Waals surface area contributed by atoms with E-state index in [9.17, 15) is 14.9 Å². The number of para-hydroxylation sites is 1. The van der Waals surface area contributed by atoms with Gasteiger partial charge >= 0.3 is 5.69 Å². The van der Waals surface area contributed by atoms with Crippen molar-refractivity contribution >= 4 is 23.2 Å². The van der Waals surface area contributed by atoms with Crippen molar-refractivity contribution in [2.75, 3.05) is 13.1 Å². The molecule has 1 heterocycles. The summed E-state index contributed by atoms with van der Waals surface area (Å²) in [7, 11) is 0. The summed E-state index contributed by atoms with van der Waals surface area (Å²) < 4.78 is 5.68. The highest BCUT2D eigenvalue weighted by atomic mass is 35.5. The molecular weight excluding hydrogens is 368 g/mol. The molecule has 0 spiro atoms. The van der Waals surface area contributed by atoms with Gasteiger partial charge in [0.05, 0.1) is 9.95 Å². The van der Waals surface area contributed by atoms with E-state index in [2.05, 4.69) is 13.8 Å². The molecule has 3 rings (SSSR count). The lowest BCUT2D eigenvalue weighted by Crippen LogP contribution is -2.42. The van der Waals surface area contributed by atoms with Crippen LogP contribution in [0.5, 0.6) is 11.5 Å². The van der Waals surface area contributed by atoms with Crippen molar-refractivity contribution in [2.45, 2.75) is 20.3 Å². The maximum atomic E-state index is 12.9. The van der Waals surface area contributed by atoms with Gasteiger partial charge in [0, 0.05) is 24.7 Å². The molecule has 27 heavy (non-hydrogen) atoms. The number of piperidine rings is 1. The smallest absolute Gasteiger partial charge is 0.313 e. The van der Waals surface area contributed by atoms with Gasteiger partial charge in [-0.3, -0.25) is 14.9 Å². The van der Waals surface area contributed by atoms with Gasteiger partial charge in [0.15, 0.2) is 0 Å². The second kappa shape index (κ2) is 7.96. The lowest BCUT2D eigenvalue weighted by Gasteiger charge is -2.35. The summed E-state index contributed by atoms with van der Waals surface area (Å²) in [4.78, 5) is 25.4. The predicted molar refractivity (Wildman–Crippen MR) is 103 cm³/mol. The fourth-order valence-corrected chi connectivity index (χ4v) is 3.77. The van der Waals surface area contributed by atoms with E-state index in [-0.39, 0.29) is 22.4 Å². The Labute approximate surface area is 162 Å². The highest BCUT2D eigenvalue weighted by Crippen LogP contribution is 2.38. The summed E-state index contributed by atoms with van der Waals surface area (Å²) in [6, 6.07) is 11.0. The van der Waals surface area contributed by atoms with Gasteiger partial charge in [-0.25, -0.2) is 0 Å². The van der Waals surface area contributed by atoms with Crippen LogP contribution in [-0.4, -0.2) is 28.8 Å². The van der Waals surface area contributed by atoms with Gasteiger partial charge in [-0.2, -0.15) is 0 Å². The molecule has 1 fully saturated rings. The zero-order valence-corrected chi connectivity index (χ0v) is 16.0. The Hall–Kier alpha value is -2.60. The van der Waals surface area contributed by atoms with Gasteiger partial charge < -0.3 is 9.64 Å². The van der Waals surface area contributed by atoms with Gasteiger partial charge in [-0.1, -0.05) is 37.6 Å². The first kappa shape index (κ1) is 19.2. The first-order valence-corrected chi connectivity index (χ1v) is 9.23. The van der Waals surface area contributed by atoms with Crippen molar-refractivity contribution in [3.8, 4) is 11.5 Å². The number of likely N-dealkylation sites (tertiary alicyclic amines) is 1. The number of ether oxygens (including phenoxy) is 1. The van der Waals surface area contributed by atoms with Gasteiger partial charge in [0.1, 0.15) is 5.75 Å². The molecule has 142 valence electrons. The van der Waals surface area contributed by atoms with Crippen LogP contribution in [0.2, 0.25) is 5.02 Å². The number of carbonyl (C=O) groups is 1. The largest absolute Gasteiger partial charge is 0.449 e. The number of hydrogen-bond acceptors (Lipinski definition) is 4. The zero-order valence-electron chi connectivity index (χ0n) is 15.2. The Morgan fingerprint density at radius 1 is 1.19 bits per heavy atom. The van der Waals surface area contributed by atoms with E-state index < -0.39 is 4.92 Å². The van der Waals surface area contributed by atoms with Crippen molar-refractivity contribution in [2.24, 2.45) is 11.8 Å². The number of rotatable bonds is 4. The van der Waals surface area contributed by atoms with Crippen molar-refractivity contribution < 1.29 is 14.5 Å². The minimum atomic E-state index is -0.549. The molecule has 1 saturated heterocycles. The van der Waals surface area contributed by atoms with Crippen LogP contribution in [-0.2, 0) is 0 Å². The summed E-state index contributed by atoms with van der Waals surface area (Å²) >= 11 is 6.07. The van der Waals surface area contributed by atoms with Crippen LogP contribution in [0, 0.1) is 22.0 Å². The Morgan fingerprint density at radius 3 is 2.52 bits per heavy atom. The summed E-state index contributed by atoms with van der Waals surface area (Å²) in [6.45, 7) is 5.74. The summed E-state index contributed by atoms with van der Waals surface area (Å²) in [6.07, 6.45) is 1.11. The van der Waals surface area contributed by atoms with E-state index in [4.69, 9.17) is 16.3 Å². The van der Waals surface area contributed by atoms with E-state index in [1.54, 1.807) is 24.3 Å². The van der Waals surface area contributed by atoms with Gasteiger partial charge in [0.25, 0.3) is 5.91 Å². The number of nitrogens with zero attached hydrogens (tertiary/aromatic N) is 2. The molecular formula is C20H21ClN2O4. The van der Waals surface area contributed by atoms with E-state index in [1.807, 2.05) is 4.90 Å². The molecule has 2 aromatic carbocycles. The number of amides is 1. The Kier molecular flexibility index (Phi) is 5.65. The molecule has 2 atom stereocenters. The van der Waals surface area contributed by atoms with E-state index in [0.717, 1.165) is 19.5 Å². The van der Waals surface area contributed by atoms with Gasteiger partial charge in [0.2, 0.25) is 5.75 Å². The van der Waals surface area contributed by atoms with E-state index in [0.29, 0.717) is 23.1 Å². The molecule has 2 aromatic rings. The third-order valence-electron chi connectivity index (χ3n) is 4.60. The van der Waals surface area contributed by atoms with E-state index in [1.165, 1.54) is 18.2 Å². The minimum absolute atomic E-state index is 0.0333. The molecule has 1 aliphatic rings. The molecule has 6 nitrogen and oxygen atoms in total. The lowest BCUT2D eigenvalue weighted by molar-refractivity contribution is -0.385. The maximum absolute atomic E-state index is 12.9. The van der Waals surface area contributed by atoms with Crippen LogP contribution < -0.4 is 4.74 Å². The fourth-order valence-electron chi connectivity index (χ4n) is 3.56. The number of nitro groups is 1. The molecule has 0 radical (unpaired) electrons. The normalized spacial score (nSPS) is 19.6. The average Bonchev–Trinajstić information content (AvgIpc) is 2.62. The summed E-state index contributed by atoms with van der Waals surface area (Å²) in [5, 5.41) is 11.4. The Morgan fingerprint density at radius 2 is 1.85 bits per heavy atom. The van der Waals surface area contributed by atoms with Crippen LogP contribution in [0.1, 0.15) is 30.6 Å². The van der Waals surface area contributed by atoms with Crippen LogP contribution in [0.15, 0.2) is 42.5 Å². The van der Waals surface area contributed by atoms with Crippen LogP contribution in [0.3, 0.4) is 0 Å². The molecule has 0 N–H and O–H groups in total. The number of hydrogen-bond donors (Lipinski definition) is 0. The second-order valence-electron chi connectivity index (χ2n) is 7.13. The first-order valence-electron chi connectivity index (χ1n) is 8.85. The minimum Gasteiger partial charge on any atom is -0.449 e. The third kappa shape index (κ3) is 4.39. The van der Waals surface area contributed by atoms with Crippen molar-refractivity contribution in [1.82, 2.24) is 4.90 Å².